The van der Waals surface area contributed by atoms with Crippen molar-refractivity contribution in [2.75, 3.05) is 37.8 Å². The van der Waals surface area contributed by atoms with Gasteiger partial charge in [-0.3, -0.25) is 4.79 Å². The summed E-state index contributed by atoms with van der Waals surface area (Å²) >= 11 is 0. The molecule has 1 aliphatic heterocycles. The van der Waals surface area contributed by atoms with Crippen LogP contribution in [0.15, 0.2) is 55.4 Å². The Morgan fingerprint density at radius 1 is 1.19 bits per heavy atom. The topological polar surface area (TPSA) is 69.3 Å². The lowest BCUT2D eigenvalue weighted by Gasteiger charge is -2.28. The molecule has 1 amide bonds. The number of hydrogen-bond donors (Lipinski definition) is 3. The van der Waals surface area contributed by atoms with Crippen molar-refractivity contribution >= 4 is 27.2 Å². The Hall–Kier alpha value is -2.41. The van der Waals surface area contributed by atoms with Crippen LogP contribution in [0, 0.1) is 6.92 Å². The summed E-state index contributed by atoms with van der Waals surface area (Å²) in [5.74, 6) is 0.244. The second-order valence-electron chi connectivity index (χ2n) is 7.35. The van der Waals surface area contributed by atoms with Gasteiger partial charge in [-0.25, -0.2) is 4.98 Å². The van der Waals surface area contributed by atoms with Crippen LogP contribution in [-0.4, -0.2) is 49.5 Å². The Balaban J connectivity index is 0.000000245. The van der Waals surface area contributed by atoms with Crippen molar-refractivity contribution in [3.63, 3.8) is 0 Å². The van der Waals surface area contributed by atoms with E-state index in [0.29, 0.717) is 6.41 Å². The maximum Gasteiger partial charge on any atom is 0.285 e. The summed E-state index contributed by atoms with van der Waals surface area (Å²) in [5.41, 5.74) is -0.832. The third-order valence-corrected chi connectivity index (χ3v) is 5.22. The van der Waals surface area contributed by atoms with Crippen LogP contribution in [0.5, 0.6) is 0 Å². The van der Waals surface area contributed by atoms with Crippen molar-refractivity contribution in [2.45, 2.75) is 31.5 Å². The number of alkyl halides is 2. The van der Waals surface area contributed by atoms with Gasteiger partial charge in [-0.15, -0.1) is 0 Å². The Bertz CT molecular complexity index is 807. The molecule has 0 bridgehead atoms. The van der Waals surface area contributed by atoms with E-state index in [9.17, 15) is 13.6 Å². The van der Waals surface area contributed by atoms with E-state index in [-0.39, 0.29) is 11.4 Å². The van der Waals surface area contributed by atoms with Crippen molar-refractivity contribution in [3.8, 4) is 0 Å². The number of pyridine rings is 1. The van der Waals surface area contributed by atoms with Crippen LogP contribution in [0.4, 0.5) is 20.3 Å². The fraction of sp³-hybridized carbons (Fsp3) is 0.391. The van der Waals surface area contributed by atoms with Crippen LogP contribution in [0.2, 0.25) is 0 Å². The monoisotopic (exact) mass is 465 g/mol. The number of aryl methyl sites for hydroxylation is 1. The molecular weight excluding hydrogens is 431 g/mol. The van der Waals surface area contributed by atoms with Crippen molar-refractivity contribution in [2.24, 2.45) is 0 Å². The molecule has 1 fully saturated rings. The van der Waals surface area contributed by atoms with Gasteiger partial charge >= 0.3 is 0 Å². The van der Waals surface area contributed by atoms with E-state index < -0.39 is 5.66 Å². The molecule has 176 valence electrons. The van der Waals surface area contributed by atoms with Crippen LogP contribution in [0.3, 0.4) is 0 Å². The third-order valence-electron chi connectivity index (χ3n) is 4.88. The molecule has 2 heterocycles. The average molecular weight is 466 g/mol. The largest absolute Gasteiger partial charge is 0.362 e. The molecule has 0 radical (unpaired) electrons. The standard InChI is InChI=1S/C9H11N.C7H7F2N2OP.C7H16N2/c1-3-10-9-7-5-4-6-8(9)2;8-7(9,13)5-1-2-6(10-3-5)11-4-12;1-8-7-3-5-9(2)6-4-7/h3-7,10H,1H2,2H3;1-4H,13H2,(H,10,11,12);7-8H,3-6H2,1-2H3. The number of benzene rings is 1. The van der Waals surface area contributed by atoms with Gasteiger partial charge in [0.05, 0.1) is 0 Å². The van der Waals surface area contributed by atoms with Crippen LogP contribution >= 0.6 is 9.24 Å². The summed E-state index contributed by atoms with van der Waals surface area (Å²) in [6.07, 6.45) is 5.75. The minimum atomic E-state index is -2.98. The highest BCUT2D eigenvalue weighted by molar-refractivity contribution is 7.17. The number of rotatable bonds is 6. The minimum Gasteiger partial charge on any atom is -0.362 e. The van der Waals surface area contributed by atoms with E-state index >= 15 is 0 Å². The fourth-order valence-electron chi connectivity index (χ4n) is 2.88. The molecule has 2 aromatic rings. The first-order valence-electron chi connectivity index (χ1n) is 10.3. The second kappa shape index (κ2) is 14.6. The highest BCUT2D eigenvalue weighted by atomic mass is 31.0. The van der Waals surface area contributed by atoms with Gasteiger partial charge in [0.1, 0.15) is 5.82 Å². The molecule has 3 rings (SSSR count). The predicted molar refractivity (Wildman–Crippen MR) is 132 cm³/mol. The molecule has 0 aliphatic carbocycles. The first-order valence-corrected chi connectivity index (χ1v) is 10.9. The quantitative estimate of drug-likeness (QED) is 0.435. The average Bonchev–Trinajstić information content (AvgIpc) is 2.77. The number of nitrogens with zero attached hydrogens (tertiary/aromatic N) is 2. The molecule has 1 aromatic carbocycles. The van der Waals surface area contributed by atoms with E-state index in [0.717, 1.165) is 17.9 Å². The van der Waals surface area contributed by atoms with Gasteiger partial charge in [0.2, 0.25) is 6.41 Å². The van der Waals surface area contributed by atoms with Crippen molar-refractivity contribution in [3.05, 3.63) is 66.5 Å². The molecule has 3 N–H and O–H groups in total. The maximum absolute atomic E-state index is 12.6. The van der Waals surface area contributed by atoms with E-state index in [1.807, 2.05) is 18.2 Å². The number of para-hydroxylation sites is 1. The molecule has 0 spiro atoms. The Kier molecular flexibility index (Phi) is 12.6. The summed E-state index contributed by atoms with van der Waals surface area (Å²) in [7, 11) is 5.65. The highest BCUT2D eigenvalue weighted by Crippen LogP contribution is 2.34. The van der Waals surface area contributed by atoms with Gasteiger partial charge in [-0.05, 0) is 76.9 Å². The molecule has 1 atom stereocenters. The number of halogens is 2. The zero-order valence-corrected chi connectivity index (χ0v) is 20.1. The van der Waals surface area contributed by atoms with Crippen LogP contribution in [0.1, 0.15) is 24.0 Å². The van der Waals surface area contributed by atoms with Crippen LogP contribution in [0.25, 0.3) is 0 Å². The maximum atomic E-state index is 12.6. The number of carbonyl (C=O) groups excluding carboxylic acids is 1. The van der Waals surface area contributed by atoms with E-state index in [2.05, 4.69) is 59.5 Å². The zero-order valence-electron chi connectivity index (χ0n) is 18.9. The number of piperidine rings is 1. The summed E-state index contributed by atoms with van der Waals surface area (Å²) in [4.78, 5) is 15.9. The van der Waals surface area contributed by atoms with Gasteiger partial charge in [-0.1, -0.05) is 34.0 Å². The number of carbonyl (C=O) groups is 1. The van der Waals surface area contributed by atoms with Gasteiger partial charge in [-0.2, -0.15) is 8.78 Å². The SMILES string of the molecule is C=CNc1ccccc1C.CNC1CCN(C)CC1.O=CNc1ccc(C(F)(F)P)cn1. The molecule has 0 saturated carbocycles. The summed E-state index contributed by atoms with van der Waals surface area (Å²) < 4.78 is 25.2. The summed E-state index contributed by atoms with van der Waals surface area (Å²) in [6, 6.07) is 11.4. The molecule has 6 nitrogen and oxygen atoms in total. The lowest BCUT2D eigenvalue weighted by atomic mass is 10.1. The molecule has 32 heavy (non-hydrogen) atoms. The second-order valence-corrected chi connectivity index (χ2v) is 8.07. The Labute approximate surface area is 192 Å². The third kappa shape index (κ3) is 10.8. The molecule has 1 aromatic heterocycles. The highest BCUT2D eigenvalue weighted by Gasteiger charge is 2.24. The molecular formula is C23H34F2N5OP. The van der Waals surface area contributed by atoms with Crippen LogP contribution < -0.4 is 16.0 Å². The number of hydrogen-bond acceptors (Lipinski definition) is 5. The normalized spacial score (nSPS) is 14.2. The Morgan fingerprint density at radius 3 is 2.31 bits per heavy atom. The van der Waals surface area contributed by atoms with Crippen molar-refractivity contribution in [1.29, 1.82) is 0 Å². The smallest absolute Gasteiger partial charge is 0.285 e. The van der Waals surface area contributed by atoms with E-state index in [1.165, 1.54) is 52.9 Å². The van der Waals surface area contributed by atoms with Gasteiger partial charge in [0.15, 0.2) is 0 Å². The van der Waals surface area contributed by atoms with Gasteiger partial charge in [0, 0.05) is 23.5 Å². The van der Waals surface area contributed by atoms with E-state index in [4.69, 9.17) is 0 Å². The first kappa shape index (κ1) is 27.6. The molecule has 1 saturated heterocycles. The number of nitrogens with one attached hydrogen (secondary N) is 3. The number of amides is 1. The van der Waals surface area contributed by atoms with Crippen molar-refractivity contribution < 1.29 is 13.6 Å². The van der Waals surface area contributed by atoms with Gasteiger partial charge in [0.25, 0.3) is 5.66 Å². The molecule has 1 unspecified atom stereocenters. The summed E-state index contributed by atoms with van der Waals surface area (Å²) in [6.45, 7) is 8.16. The minimum absolute atomic E-state index is 0.214. The van der Waals surface area contributed by atoms with Gasteiger partial charge < -0.3 is 20.9 Å². The zero-order chi connectivity index (χ0) is 24.0. The lowest BCUT2D eigenvalue weighted by molar-refractivity contribution is -0.105. The van der Waals surface area contributed by atoms with Crippen molar-refractivity contribution in [1.82, 2.24) is 15.2 Å². The van der Waals surface area contributed by atoms with E-state index in [1.54, 1.807) is 6.20 Å². The number of anilines is 2. The molecule has 1 aliphatic rings. The predicted octanol–water partition coefficient (Wildman–Crippen LogP) is 4.42. The summed E-state index contributed by atoms with van der Waals surface area (Å²) in [5, 5.41) is 8.58. The fourth-order valence-corrected chi connectivity index (χ4v) is 3.05. The first-order chi connectivity index (χ1) is 15.2. The molecule has 9 heteroatoms. The number of likely N-dealkylation sites (tertiary alicyclic amines) is 1. The lowest BCUT2D eigenvalue weighted by Crippen LogP contribution is -2.39. The van der Waals surface area contributed by atoms with Crippen LogP contribution in [-0.2, 0) is 10.5 Å². The number of aromatic nitrogens is 1. The Morgan fingerprint density at radius 2 is 1.84 bits per heavy atom.